The van der Waals surface area contributed by atoms with Crippen molar-refractivity contribution in [3.05, 3.63) is 47.5 Å². The molecule has 2 aromatic carbocycles. The van der Waals surface area contributed by atoms with E-state index in [2.05, 4.69) is 57.2 Å². The molecule has 16 heavy (non-hydrogen) atoms. The number of hydrogen-bond donors (Lipinski definition) is 0. The Bertz CT molecular complexity index is 466. The van der Waals surface area contributed by atoms with Gasteiger partial charge in [-0.2, -0.15) is 0 Å². The van der Waals surface area contributed by atoms with E-state index in [1.165, 1.54) is 28.3 Å². The molecule has 2 aromatic rings. The van der Waals surface area contributed by atoms with Gasteiger partial charge < -0.3 is 0 Å². The first-order chi connectivity index (χ1) is 7.15. The quantitative estimate of drug-likeness (QED) is 0.661. The fourth-order valence-corrected chi connectivity index (χ4v) is 2.01. The summed E-state index contributed by atoms with van der Waals surface area (Å²) in [7, 11) is 0. The highest BCUT2D eigenvalue weighted by Gasteiger charge is 1.99. The Balaban J connectivity index is 0.00000128. The Morgan fingerprint density at radius 3 is 2.25 bits per heavy atom. The van der Waals surface area contributed by atoms with Crippen molar-refractivity contribution in [2.75, 3.05) is 0 Å². The molecule has 0 N–H and O–H groups in total. The third-order valence-corrected chi connectivity index (χ3v) is 2.70. The largest absolute Gasteiger partial charge is 0.0776 e. The van der Waals surface area contributed by atoms with E-state index >= 15 is 0 Å². The van der Waals surface area contributed by atoms with Crippen LogP contribution in [0.5, 0.6) is 0 Å². The van der Waals surface area contributed by atoms with Crippen LogP contribution in [0.2, 0.25) is 0 Å². The molecule has 0 saturated heterocycles. The second-order valence-corrected chi connectivity index (χ2v) is 4.78. The van der Waals surface area contributed by atoms with Gasteiger partial charge in [0.1, 0.15) is 0 Å². The van der Waals surface area contributed by atoms with Gasteiger partial charge in [0, 0.05) is 0 Å². The summed E-state index contributed by atoms with van der Waals surface area (Å²) in [6.07, 6.45) is 1.17. The van der Waals surface area contributed by atoms with E-state index in [9.17, 15) is 0 Å². The lowest BCUT2D eigenvalue weighted by Crippen LogP contribution is -1.93. The lowest BCUT2D eigenvalue weighted by Gasteiger charge is -2.06. The van der Waals surface area contributed by atoms with Gasteiger partial charge in [-0.3, -0.25) is 0 Å². The standard InChI is InChI=1S/C15H18.CH4/c1-11(2)8-13-5-7-14-9-12(3)4-6-15(14)10-13;/h4-7,9-11H,8H2,1-3H3;1H4. The van der Waals surface area contributed by atoms with Crippen LogP contribution in [-0.4, -0.2) is 0 Å². The second kappa shape index (κ2) is 5.16. The topological polar surface area (TPSA) is 0 Å². The highest BCUT2D eigenvalue weighted by molar-refractivity contribution is 5.83. The maximum absolute atomic E-state index is 2.31. The molecule has 0 atom stereocenters. The van der Waals surface area contributed by atoms with Gasteiger partial charge in [0.05, 0.1) is 0 Å². The molecule has 0 saturated carbocycles. The van der Waals surface area contributed by atoms with Gasteiger partial charge in [0.25, 0.3) is 0 Å². The van der Waals surface area contributed by atoms with Gasteiger partial charge in [-0.05, 0) is 35.6 Å². The highest BCUT2D eigenvalue weighted by atomic mass is 14.0. The number of hydrogen-bond acceptors (Lipinski definition) is 0. The van der Waals surface area contributed by atoms with Gasteiger partial charge >= 0.3 is 0 Å². The Labute approximate surface area is 99.3 Å². The minimum atomic E-state index is 0. The summed E-state index contributed by atoms with van der Waals surface area (Å²) in [5.74, 6) is 0.730. The van der Waals surface area contributed by atoms with E-state index in [-0.39, 0.29) is 7.43 Å². The Morgan fingerprint density at radius 1 is 0.938 bits per heavy atom. The zero-order valence-electron chi connectivity index (χ0n) is 9.75. The van der Waals surface area contributed by atoms with Crippen molar-refractivity contribution >= 4 is 10.8 Å². The zero-order valence-corrected chi connectivity index (χ0v) is 9.75. The second-order valence-electron chi connectivity index (χ2n) is 4.78. The van der Waals surface area contributed by atoms with Crippen molar-refractivity contribution in [3.8, 4) is 0 Å². The maximum Gasteiger partial charge on any atom is -0.0181 e. The van der Waals surface area contributed by atoms with Crippen molar-refractivity contribution in [3.63, 3.8) is 0 Å². The first-order valence-electron chi connectivity index (χ1n) is 5.64. The van der Waals surface area contributed by atoms with E-state index < -0.39 is 0 Å². The van der Waals surface area contributed by atoms with E-state index in [0.717, 1.165) is 5.92 Å². The molecule has 0 aliphatic rings. The van der Waals surface area contributed by atoms with Crippen LogP contribution in [-0.2, 0) is 6.42 Å². The molecule has 0 aliphatic heterocycles. The minimum Gasteiger partial charge on any atom is -0.0776 e. The number of rotatable bonds is 2. The number of benzene rings is 2. The molecular formula is C16H22. The summed E-state index contributed by atoms with van der Waals surface area (Å²) >= 11 is 0. The predicted molar refractivity (Wildman–Crippen MR) is 74.0 cm³/mol. The molecular weight excluding hydrogens is 192 g/mol. The molecule has 0 unspecified atom stereocenters. The SMILES string of the molecule is C.Cc1ccc2cc(CC(C)C)ccc2c1. The van der Waals surface area contributed by atoms with Crippen molar-refractivity contribution in [2.24, 2.45) is 5.92 Å². The monoisotopic (exact) mass is 214 g/mol. The van der Waals surface area contributed by atoms with E-state index in [1.807, 2.05) is 0 Å². The molecule has 0 heteroatoms. The van der Waals surface area contributed by atoms with Crippen LogP contribution < -0.4 is 0 Å². The van der Waals surface area contributed by atoms with Gasteiger partial charge in [-0.25, -0.2) is 0 Å². The molecule has 0 bridgehead atoms. The van der Waals surface area contributed by atoms with Gasteiger partial charge in [0.15, 0.2) is 0 Å². The minimum absolute atomic E-state index is 0. The molecule has 0 spiro atoms. The number of aryl methyl sites for hydroxylation is 1. The summed E-state index contributed by atoms with van der Waals surface area (Å²) in [4.78, 5) is 0. The normalized spacial score (nSPS) is 10.5. The maximum atomic E-state index is 2.31. The van der Waals surface area contributed by atoms with Crippen LogP contribution >= 0.6 is 0 Å². The summed E-state index contributed by atoms with van der Waals surface area (Å²) < 4.78 is 0. The average molecular weight is 214 g/mol. The lowest BCUT2D eigenvalue weighted by atomic mass is 9.99. The highest BCUT2D eigenvalue weighted by Crippen LogP contribution is 2.19. The Kier molecular flexibility index (Phi) is 4.12. The molecule has 86 valence electrons. The van der Waals surface area contributed by atoms with E-state index in [0.29, 0.717) is 0 Å². The lowest BCUT2D eigenvalue weighted by molar-refractivity contribution is 0.648. The smallest absolute Gasteiger partial charge is 0.0181 e. The van der Waals surface area contributed by atoms with Gasteiger partial charge in [-0.1, -0.05) is 63.2 Å². The summed E-state index contributed by atoms with van der Waals surface area (Å²) in [5.41, 5.74) is 2.78. The molecule has 0 heterocycles. The van der Waals surface area contributed by atoms with Crippen LogP contribution in [0.25, 0.3) is 10.8 Å². The fraction of sp³-hybridized carbons (Fsp3) is 0.375. The van der Waals surface area contributed by atoms with E-state index in [1.54, 1.807) is 0 Å². The fourth-order valence-electron chi connectivity index (χ4n) is 2.01. The first kappa shape index (κ1) is 12.8. The summed E-state index contributed by atoms with van der Waals surface area (Å²) in [6, 6.07) is 13.4. The van der Waals surface area contributed by atoms with Gasteiger partial charge in [-0.15, -0.1) is 0 Å². The predicted octanol–water partition coefficient (Wildman–Crippen LogP) is 4.98. The van der Waals surface area contributed by atoms with Crippen LogP contribution in [0.15, 0.2) is 36.4 Å². The van der Waals surface area contributed by atoms with Crippen molar-refractivity contribution in [1.82, 2.24) is 0 Å². The summed E-state index contributed by atoms with van der Waals surface area (Å²) in [5, 5.41) is 2.71. The molecule has 0 radical (unpaired) electrons. The molecule has 0 fully saturated rings. The third-order valence-electron chi connectivity index (χ3n) is 2.70. The molecule has 0 aliphatic carbocycles. The van der Waals surface area contributed by atoms with Crippen LogP contribution in [0.4, 0.5) is 0 Å². The molecule has 2 rings (SSSR count). The number of fused-ring (bicyclic) bond motifs is 1. The van der Waals surface area contributed by atoms with E-state index in [4.69, 9.17) is 0 Å². The molecule has 0 nitrogen and oxygen atoms in total. The van der Waals surface area contributed by atoms with Crippen LogP contribution in [0.1, 0.15) is 32.4 Å². The van der Waals surface area contributed by atoms with Crippen LogP contribution in [0, 0.1) is 12.8 Å². The first-order valence-corrected chi connectivity index (χ1v) is 5.64. The molecule has 0 aromatic heterocycles. The Morgan fingerprint density at radius 2 is 1.56 bits per heavy atom. The van der Waals surface area contributed by atoms with Crippen molar-refractivity contribution < 1.29 is 0 Å². The third kappa shape index (κ3) is 2.85. The zero-order chi connectivity index (χ0) is 10.8. The van der Waals surface area contributed by atoms with Crippen molar-refractivity contribution in [2.45, 2.75) is 34.6 Å². The Hall–Kier alpha value is -1.30. The average Bonchev–Trinajstić information content (AvgIpc) is 2.17. The van der Waals surface area contributed by atoms with Crippen LogP contribution in [0.3, 0.4) is 0 Å². The summed E-state index contributed by atoms with van der Waals surface area (Å²) in [6.45, 7) is 6.67. The van der Waals surface area contributed by atoms with Crippen molar-refractivity contribution in [1.29, 1.82) is 0 Å². The van der Waals surface area contributed by atoms with Gasteiger partial charge in [0.2, 0.25) is 0 Å². The molecule has 0 amide bonds.